The molecule has 4 aliphatic carbocycles. The molecule has 6 rings (SSSR count). The normalized spacial score (nSPS) is 50.1. The van der Waals surface area contributed by atoms with Crippen molar-refractivity contribution in [3.05, 3.63) is 0 Å². The quantitative estimate of drug-likeness (QED) is 0.369. The minimum absolute atomic E-state index is 0.00737. The molecule has 6 fully saturated rings. The summed E-state index contributed by atoms with van der Waals surface area (Å²) in [5.74, 6) is 1.39. The van der Waals surface area contributed by atoms with Crippen LogP contribution in [0.3, 0.4) is 0 Å². The highest BCUT2D eigenvalue weighted by atomic mass is 16.5. The molecule has 250 valence electrons. The predicted molar refractivity (Wildman–Crippen MR) is 172 cm³/mol. The van der Waals surface area contributed by atoms with E-state index in [1.54, 1.807) is 11.8 Å². The van der Waals surface area contributed by atoms with E-state index in [1.165, 1.54) is 0 Å². The third-order valence-electron chi connectivity index (χ3n) is 15.6. The first-order valence-corrected chi connectivity index (χ1v) is 18.0. The molecule has 0 bridgehead atoms. The number of amides is 2. The molecule has 0 aromatic carbocycles. The van der Waals surface area contributed by atoms with Gasteiger partial charge in [-0.15, -0.1) is 0 Å². The number of aliphatic hydroxyl groups excluding tert-OH is 1. The van der Waals surface area contributed by atoms with E-state index in [1.807, 2.05) is 13.8 Å². The van der Waals surface area contributed by atoms with Crippen molar-refractivity contribution in [1.29, 1.82) is 0 Å². The second-order valence-electron chi connectivity index (χ2n) is 18.4. The van der Waals surface area contributed by atoms with Gasteiger partial charge in [0.05, 0.1) is 23.4 Å². The van der Waals surface area contributed by atoms with Gasteiger partial charge in [0.15, 0.2) is 0 Å². The van der Waals surface area contributed by atoms with Crippen LogP contribution in [0.1, 0.15) is 133 Å². The molecular weight excluding hydrogens is 552 g/mol. The van der Waals surface area contributed by atoms with Gasteiger partial charge < -0.3 is 25.2 Å². The van der Waals surface area contributed by atoms with Gasteiger partial charge in [0.25, 0.3) is 0 Å². The lowest BCUT2D eigenvalue weighted by Crippen LogP contribution is -2.68. The first-order valence-electron chi connectivity index (χ1n) is 18.0. The van der Waals surface area contributed by atoms with Gasteiger partial charge >= 0.3 is 0 Å². The van der Waals surface area contributed by atoms with E-state index in [4.69, 9.17) is 4.74 Å². The van der Waals surface area contributed by atoms with Gasteiger partial charge in [-0.3, -0.25) is 9.59 Å². The lowest BCUT2D eigenvalue weighted by molar-refractivity contribution is -0.240. The molecule has 0 spiro atoms. The number of hydrogen-bond acceptors (Lipinski definition) is 5. The van der Waals surface area contributed by atoms with E-state index in [-0.39, 0.29) is 69.3 Å². The zero-order valence-corrected chi connectivity index (χ0v) is 29.2. The highest BCUT2D eigenvalue weighted by Gasteiger charge is 2.72. The summed E-state index contributed by atoms with van der Waals surface area (Å²) in [4.78, 5) is 27.5. The Balaban J connectivity index is 1.23. The van der Waals surface area contributed by atoms with Gasteiger partial charge in [0.2, 0.25) is 11.8 Å². The topological polar surface area (TPSA) is 99.1 Å². The van der Waals surface area contributed by atoms with Gasteiger partial charge in [-0.05, 0) is 137 Å². The molecule has 2 aliphatic heterocycles. The molecule has 2 amide bonds. The molecule has 3 N–H and O–H groups in total. The Morgan fingerprint density at radius 2 is 1.57 bits per heavy atom. The molecule has 0 radical (unpaired) electrons. The highest BCUT2D eigenvalue weighted by molar-refractivity contribution is 5.87. The maximum absolute atomic E-state index is 13.5. The van der Waals surface area contributed by atoms with Crippen LogP contribution in [-0.2, 0) is 14.3 Å². The molecule has 0 aromatic heterocycles. The van der Waals surface area contributed by atoms with E-state index in [9.17, 15) is 19.8 Å². The van der Waals surface area contributed by atoms with Crippen molar-refractivity contribution in [1.82, 2.24) is 10.2 Å². The van der Waals surface area contributed by atoms with Gasteiger partial charge in [-0.2, -0.15) is 0 Å². The van der Waals surface area contributed by atoms with E-state index in [2.05, 4.69) is 46.9 Å². The van der Waals surface area contributed by atoms with Crippen LogP contribution < -0.4 is 5.32 Å². The van der Waals surface area contributed by atoms with Gasteiger partial charge in [-0.25, -0.2) is 0 Å². The number of nitrogens with zero attached hydrogens (tertiary/aromatic N) is 1. The fourth-order valence-electron chi connectivity index (χ4n) is 13.0. The van der Waals surface area contributed by atoms with Crippen LogP contribution in [0.5, 0.6) is 0 Å². The Kier molecular flexibility index (Phi) is 7.75. The first kappa shape index (κ1) is 32.7. The zero-order chi connectivity index (χ0) is 32.3. The van der Waals surface area contributed by atoms with Crippen LogP contribution >= 0.6 is 0 Å². The average molecular weight is 615 g/mol. The second kappa shape index (κ2) is 10.4. The molecule has 6 aliphatic rings. The summed E-state index contributed by atoms with van der Waals surface area (Å²) in [6, 6.07) is -0.251. The van der Waals surface area contributed by atoms with Crippen LogP contribution in [0.4, 0.5) is 0 Å². The molecule has 0 unspecified atom stereocenters. The monoisotopic (exact) mass is 614 g/mol. The number of nitrogens with one attached hydrogen (secondary N) is 1. The summed E-state index contributed by atoms with van der Waals surface area (Å²) < 4.78 is 6.72. The van der Waals surface area contributed by atoms with Crippen molar-refractivity contribution in [3.8, 4) is 0 Å². The lowest BCUT2D eigenvalue weighted by Gasteiger charge is -2.71. The maximum Gasteiger partial charge on any atom is 0.243 e. The number of likely N-dealkylation sites (tertiary alicyclic amines) is 1. The molecule has 7 heteroatoms. The molecule has 2 heterocycles. The van der Waals surface area contributed by atoms with Crippen molar-refractivity contribution < 1.29 is 24.5 Å². The van der Waals surface area contributed by atoms with Gasteiger partial charge in [0, 0.05) is 19.5 Å². The van der Waals surface area contributed by atoms with Crippen molar-refractivity contribution >= 4 is 11.8 Å². The molecule has 44 heavy (non-hydrogen) atoms. The standard InChI is InChI=1S/C37H62N2O5/c1-22(40)39-20-10-11-24(39)31(42)38-28-14-16-34(6)26(32(28,2)3)13-18-35(7)27(34)21-25(41)30-23(12-17-36(30,35)8)37(9)19-15-29(44-37)33(4,5)43/h23-30,41,43H,10-21H2,1-9H3,(H,38,42)/t23-,24-,25+,26-,27+,28-,29+,30-,34-,35+,36+,37-/m0/s1. The first-order chi connectivity index (χ1) is 20.3. The van der Waals surface area contributed by atoms with Crippen LogP contribution in [-0.4, -0.2) is 69.0 Å². The lowest BCUT2D eigenvalue weighted by atomic mass is 9.35. The summed E-state index contributed by atoms with van der Waals surface area (Å²) >= 11 is 0. The van der Waals surface area contributed by atoms with E-state index < -0.39 is 5.60 Å². The van der Waals surface area contributed by atoms with Crippen molar-refractivity contribution in [2.24, 2.45) is 45.3 Å². The van der Waals surface area contributed by atoms with Crippen LogP contribution in [0, 0.1) is 45.3 Å². The number of fused-ring (bicyclic) bond motifs is 5. The third kappa shape index (κ3) is 4.58. The SMILES string of the molecule is CC(=O)N1CCC[C@H]1C(=O)N[C@H]1CC[C@]2(C)[C@H]3C[C@@H](O)[C@@H]4[C@@H]([C@]5(C)CC[C@H](C(C)(C)O)O5)CC[C@@]4(C)[C@]3(C)CC[C@H]2C1(C)C. The van der Waals surface area contributed by atoms with E-state index in [0.29, 0.717) is 24.3 Å². The molecule has 0 aromatic rings. The summed E-state index contributed by atoms with van der Waals surface area (Å²) in [5, 5.41) is 26.4. The zero-order valence-electron chi connectivity index (χ0n) is 29.2. The number of carbonyl (C=O) groups excluding carboxylic acids is 2. The minimum Gasteiger partial charge on any atom is -0.393 e. The van der Waals surface area contributed by atoms with E-state index in [0.717, 1.165) is 70.6 Å². The number of carbonyl (C=O) groups is 2. The number of ether oxygens (including phenoxy) is 1. The number of aliphatic hydroxyl groups is 2. The number of rotatable bonds is 4. The Labute approximate surface area is 266 Å². The molecule has 4 saturated carbocycles. The Morgan fingerprint density at radius 1 is 0.886 bits per heavy atom. The Hall–Kier alpha value is -1.18. The molecular formula is C37H62N2O5. The van der Waals surface area contributed by atoms with Gasteiger partial charge in [-0.1, -0.05) is 34.6 Å². The van der Waals surface area contributed by atoms with Gasteiger partial charge in [0.1, 0.15) is 6.04 Å². The summed E-state index contributed by atoms with van der Waals surface area (Å²) in [7, 11) is 0. The molecule has 2 saturated heterocycles. The average Bonchev–Trinajstić information content (AvgIpc) is 3.65. The van der Waals surface area contributed by atoms with Crippen LogP contribution in [0.2, 0.25) is 0 Å². The maximum atomic E-state index is 13.5. The fraction of sp³-hybridized carbons (Fsp3) is 0.946. The Morgan fingerprint density at radius 3 is 2.20 bits per heavy atom. The minimum atomic E-state index is -0.857. The predicted octanol–water partition coefficient (Wildman–Crippen LogP) is 5.85. The summed E-state index contributed by atoms with van der Waals surface area (Å²) in [6.45, 7) is 20.6. The highest BCUT2D eigenvalue weighted by Crippen LogP contribution is 2.76. The van der Waals surface area contributed by atoms with E-state index >= 15 is 0 Å². The summed E-state index contributed by atoms with van der Waals surface area (Å²) in [5.41, 5.74) is -1.01. The number of hydrogen-bond donors (Lipinski definition) is 3. The smallest absolute Gasteiger partial charge is 0.243 e. The molecule has 12 atom stereocenters. The third-order valence-corrected chi connectivity index (χ3v) is 15.6. The van der Waals surface area contributed by atoms with Crippen molar-refractivity contribution in [3.63, 3.8) is 0 Å². The Bertz CT molecular complexity index is 1170. The largest absolute Gasteiger partial charge is 0.393 e. The second-order valence-corrected chi connectivity index (χ2v) is 18.4. The van der Waals surface area contributed by atoms with Crippen molar-refractivity contribution in [2.45, 2.75) is 168 Å². The summed E-state index contributed by atoms with van der Waals surface area (Å²) in [6.07, 6.45) is 10.3. The molecule has 7 nitrogen and oxygen atoms in total. The van der Waals surface area contributed by atoms with Crippen LogP contribution in [0.15, 0.2) is 0 Å². The van der Waals surface area contributed by atoms with Crippen molar-refractivity contribution in [2.75, 3.05) is 6.54 Å². The van der Waals surface area contributed by atoms with Crippen LogP contribution in [0.25, 0.3) is 0 Å². The fourth-order valence-corrected chi connectivity index (χ4v) is 13.0.